The SMILES string of the molecule is CSc1nc(C(=O)N[C@@H]2C3CCN(CC3)[C@@H]2C)cc2ccsc12. The lowest BCUT2D eigenvalue weighted by Crippen LogP contribution is -2.62. The van der Waals surface area contributed by atoms with Crippen LogP contribution in [0.4, 0.5) is 0 Å². The van der Waals surface area contributed by atoms with Crippen LogP contribution in [0.3, 0.4) is 0 Å². The minimum atomic E-state index is -0.0287. The van der Waals surface area contributed by atoms with E-state index in [-0.39, 0.29) is 11.9 Å². The quantitative estimate of drug-likeness (QED) is 0.866. The van der Waals surface area contributed by atoms with Gasteiger partial charge in [0.05, 0.1) is 4.70 Å². The Labute approximate surface area is 144 Å². The summed E-state index contributed by atoms with van der Waals surface area (Å²) in [5.74, 6) is 0.586. The first kappa shape index (κ1) is 15.4. The first-order valence-electron chi connectivity index (χ1n) is 8.14. The highest BCUT2D eigenvalue weighted by Gasteiger charge is 2.40. The van der Waals surface area contributed by atoms with Gasteiger partial charge < -0.3 is 5.32 Å². The standard InChI is InChI=1S/C17H21N3OS2/c1-10-14(11-3-6-20(10)7-4-11)19-16(21)13-9-12-5-8-23-15(12)17(18-13)22-2/h5,8-11,14H,3-4,6-7H2,1-2H3,(H,19,21)/t10-,14+/m1/s1. The van der Waals surface area contributed by atoms with Gasteiger partial charge in [0.15, 0.2) is 0 Å². The van der Waals surface area contributed by atoms with Crippen LogP contribution in [0.15, 0.2) is 22.5 Å². The van der Waals surface area contributed by atoms with Crippen molar-refractivity contribution in [3.63, 3.8) is 0 Å². The number of aromatic nitrogens is 1. The van der Waals surface area contributed by atoms with Gasteiger partial charge in [0.25, 0.3) is 5.91 Å². The molecule has 122 valence electrons. The number of amides is 1. The van der Waals surface area contributed by atoms with Crippen molar-refractivity contribution in [1.29, 1.82) is 0 Å². The molecular weight excluding hydrogens is 326 g/mol. The molecule has 0 aliphatic carbocycles. The smallest absolute Gasteiger partial charge is 0.270 e. The fourth-order valence-electron chi connectivity index (χ4n) is 3.97. The van der Waals surface area contributed by atoms with Gasteiger partial charge >= 0.3 is 0 Å². The number of thiophene rings is 1. The van der Waals surface area contributed by atoms with Crippen molar-refractivity contribution in [2.75, 3.05) is 19.3 Å². The molecule has 0 saturated carbocycles. The second-order valence-electron chi connectivity index (χ2n) is 6.47. The van der Waals surface area contributed by atoms with Gasteiger partial charge in [-0.15, -0.1) is 23.1 Å². The third kappa shape index (κ3) is 2.66. The molecule has 0 aromatic carbocycles. The number of carbonyl (C=O) groups is 1. The van der Waals surface area contributed by atoms with Crippen molar-refractivity contribution in [3.05, 3.63) is 23.2 Å². The summed E-state index contributed by atoms with van der Waals surface area (Å²) in [7, 11) is 0. The second kappa shape index (κ2) is 6.07. The van der Waals surface area contributed by atoms with Gasteiger partial charge in [-0.25, -0.2) is 4.98 Å². The Morgan fingerprint density at radius 3 is 2.91 bits per heavy atom. The van der Waals surface area contributed by atoms with Gasteiger partial charge in [-0.05, 0) is 67.9 Å². The van der Waals surface area contributed by atoms with Crippen molar-refractivity contribution < 1.29 is 4.79 Å². The number of hydrogen-bond donors (Lipinski definition) is 1. The van der Waals surface area contributed by atoms with Crippen LogP contribution in [0, 0.1) is 5.92 Å². The Kier molecular flexibility index (Phi) is 4.07. The maximum Gasteiger partial charge on any atom is 0.270 e. The van der Waals surface area contributed by atoms with E-state index in [9.17, 15) is 4.79 Å². The molecule has 23 heavy (non-hydrogen) atoms. The summed E-state index contributed by atoms with van der Waals surface area (Å²) in [5.41, 5.74) is 0.545. The number of piperidine rings is 3. The summed E-state index contributed by atoms with van der Waals surface area (Å²) in [6.07, 6.45) is 4.41. The first-order chi connectivity index (χ1) is 11.2. The van der Waals surface area contributed by atoms with Gasteiger partial charge in [0.1, 0.15) is 10.7 Å². The Bertz CT molecular complexity index is 735. The average Bonchev–Trinajstić information content (AvgIpc) is 3.06. The van der Waals surface area contributed by atoms with Gasteiger partial charge in [0, 0.05) is 12.1 Å². The van der Waals surface area contributed by atoms with E-state index in [0.29, 0.717) is 17.7 Å². The number of carbonyl (C=O) groups excluding carboxylic acids is 1. The fourth-order valence-corrected chi connectivity index (χ4v) is 5.62. The minimum Gasteiger partial charge on any atom is -0.346 e. The highest BCUT2D eigenvalue weighted by atomic mass is 32.2. The molecule has 3 aliphatic rings. The topological polar surface area (TPSA) is 45.2 Å². The molecule has 1 amide bonds. The molecule has 5 heterocycles. The average molecular weight is 348 g/mol. The lowest BCUT2D eigenvalue weighted by molar-refractivity contribution is 0.0216. The number of rotatable bonds is 3. The Morgan fingerprint density at radius 1 is 1.43 bits per heavy atom. The third-order valence-electron chi connectivity index (χ3n) is 5.31. The first-order valence-corrected chi connectivity index (χ1v) is 10.2. The van der Waals surface area contributed by atoms with Crippen molar-refractivity contribution >= 4 is 39.1 Å². The number of nitrogens with zero attached hydrogens (tertiary/aromatic N) is 2. The van der Waals surface area contributed by atoms with Crippen LogP contribution in [0.5, 0.6) is 0 Å². The van der Waals surface area contributed by atoms with Crippen LogP contribution in [0.1, 0.15) is 30.3 Å². The maximum atomic E-state index is 12.8. The zero-order valence-electron chi connectivity index (χ0n) is 13.4. The van der Waals surface area contributed by atoms with Crippen LogP contribution in [0.2, 0.25) is 0 Å². The number of nitrogens with one attached hydrogen (secondary N) is 1. The van der Waals surface area contributed by atoms with E-state index in [4.69, 9.17) is 0 Å². The van der Waals surface area contributed by atoms with Crippen LogP contribution >= 0.6 is 23.1 Å². The highest BCUT2D eigenvalue weighted by molar-refractivity contribution is 7.98. The molecule has 4 nitrogen and oxygen atoms in total. The summed E-state index contributed by atoms with van der Waals surface area (Å²) in [6.45, 7) is 4.58. The zero-order chi connectivity index (χ0) is 16.0. The molecule has 2 atom stereocenters. The Hall–Kier alpha value is -1.11. The van der Waals surface area contributed by atoms with Crippen LogP contribution < -0.4 is 5.32 Å². The molecule has 1 N–H and O–H groups in total. The van der Waals surface area contributed by atoms with Crippen LogP contribution in [0.25, 0.3) is 10.1 Å². The molecular formula is C17H21N3OS2. The van der Waals surface area contributed by atoms with Crippen molar-refractivity contribution in [1.82, 2.24) is 15.2 Å². The molecule has 2 bridgehead atoms. The minimum absolute atomic E-state index is 0.0287. The van der Waals surface area contributed by atoms with E-state index in [1.165, 1.54) is 30.6 Å². The summed E-state index contributed by atoms with van der Waals surface area (Å²) < 4.78 is 1.17. The van der Waals surface area contributed by atoms with Gasteiger partial charge in [-0.3, -0.25) is 9.69 Å². The van der Waals surface area contributed by atoms with Gasteiger partial charge in [-0.1, -0.05) is 0 Å². The van der Waals surface area contributed by atoms with E-state index >= 15 is 0 Å². The Morgan fingerprint density at radius 2 is 2.22 bits per heavy atom. The lowest BCUT2D eigenvalue weighted by Gasteiger charge is -2.49. The van der Waals surface area contributed by atoms with Crippen LogP contribution in [-0.2, 0) is 0 Å². The number of thioether (sulfide) groups is 1. The largest absolute Gasteiger partial charge is 0.346 e. The normalized spacial score (nSPS) is 29.8. The predicted octanol–water partition coefficient (Wildman–Crippen LogP) is 3.23. The monoisotopic (exact) mass is 347 g/mol. The van der Waals surface area contributed by atoms with Crippen molar-refractivity contribution in [2.24, 2.45) is 5.92 Å². The lowest BCUT2D eigenvalue weighted by atomic mass is 9.79. The Balaban J connectivity index is 1.59. The van der Waals surface area contributed by atoms with E-state index < -0.39 is 0 Å². The number of pyridine rings is 1. The fraction of sp³-hybridized carbons (Fsp3) is 0.529. The molecule has 3 fully saturated rings. The van der Waals surface area contributed by atoms with Crippen molar-refractivity contribution in [2.45, 2.75) is 36.9 Å². The molecule has 3 aliphatic heterocycles. The molecule has 0 radical (unpaired) electrons. The van der Waals surface area contributed by atoms with E-state index in [0.717, 1.165) is 10.4 Å². The third-order valence-corrected chi connectivity index (χ3v) is 7.05. The van der Waals surface area contributed by atoms with Crippen molar-refractivity contribution in [3.8, 4) is 0 Å². The number of hydrogen-bond acceptors (Lipinski definition) is 5. The predicted molar refractivity (Wildman–Crippen MR) is 96.4 cm³/mol. The summed E-state index contributed by atoms with van der Waals surface area (Å²) >= 11 is 3.29. The summed E-state index contributed by atoms with van der Waals surface area (Å²) in [5, 5.41) is 7.40. The number of fused-ring (bicyclic) bond motifs is 4. The zero-order valence-corrected chi connectivity index (χ0v) is 15.0. The molecule has 0 unspecified atom stereocenters. The molecule has 2 aromatic heterocycles. The molecule has 6 heteroatoms. The van der Waals surface area contributed by atoms with E-state index in [1.54, 1.807) is 23.1 Å². The van der Waals surface area contributed by atoms with Gasteiger partial charge in [-0.2, -0.15) is 0 Å². The molecule has 5 rings (SSSR count). The molecule has 3 saturated heterocycles. The molecule has 2 aromatic rings. The van der Waals surface area contributed by atoms with E-state index in [2.05, 4.69) is 33.6 Å². The maximum absolute atomic E-state index is 12.8. The molecule has 0 spiro atoms. The van der Waals surface area contributed by atoms with E-state index in [1.807, 2.05) is 12.3 Å². The van der Waals surface area contributed by atoms with Crippen LogP contribution in [-0.4, -0.2) is 47.2 Å². The van der Waals surface area contributed by atoms with Gasteiger partial charge in [0.2, 0.25) is 0 Å². The summed E-state index contributed by atoms with van der Waals surface area (Å²) in [6, 6.07) is 4.67. The highest BCUT2D eigenvalue weighted by Crippen LogP contribution is 2.33. The second-order valence-corrected chi connectivity index (χ2v) is 8.18. The summed E-state index contributed by atoms with van der Waals surface area (Å²) in [4.78, 5) is 19.9.